The zero-order chi connectivity index (χ0) is 17.5. The molecule has 0 aliphatic heterocycles. The summed E-state index contributed by atoms with van der Waals surface area (Å²) in [7, 11) is -3.88. The van der Waals surface area contributed by atoms with Gasteiger partial charge in [0.15, 0.2) is 0 Å². The number of fused-ring (bicyclic) bond motifs is 1. The molecule has 2 N–H and O–H groups in total. The van der Waals surface area contributed by atoms with Gasteiger partial charge in [0, 0.05) is 0 Å². The van der Waals surface area contributed by atoms with Crippen molar-refractivity contribution in [3.8, 4) is 0 Å². The fraction of sp³-hybridized carbons (Fsp3) is 0.125. The van der Waals surface area contributed by atoms with Gasteiger partial charge in [-0.25, -0.2) is 18.2 Å². The molecule has 124 valence electrons. The van der Waals surface area contributed by atoms with Crippen molar-refractivity contribution in [2.75, 3.05) is 4.72 Å². The number of rotatable bonds is 4. The number of hydrogen-bond donors (Lipinski definition) is 2. The number of nitrogens with one attached hydrogen (secondary N) is 1. The van der Waals surface area contributed by atoms with Crippen LogP contribution in [0.2, 0.25) is 0 Å². The van der Waals surface area contributed by atoms with Crippen LogP contribution in [0.1, 0.15) is 20.9 Å². The lowest BCUT2D eigenvalue weighted by atomic mass is 10.1. The van der Waals surface area contributed by atoms with Gasteiger partial charge in [-0.15, -0.1) is 11.3 Å². The van der Waals surface area contributed by atoms with E-state index in [2.05, 4.69) is 9.71 Å². The lowest BCUT2D eigenvalue weighted by Crippen LogP contribution is -2.14. The van der Waals surface area contributed by atoms with Crippen molar-refractivity contribution in [3.63, 3.8) is 0 Å². The first-order valence-corrected chi connectivity index (χ1v) is 9.30. The molecule has 1 aromatic heterocycles. The number of carboxylic acids is 1. The molecule has 6 nitrogen and oxygen atoms in total. The van der Waals surface area contributed by atoms with Crippen molar-refractivity contribution < 1.29 is 18.3 Å². The van der Waals surface area contributed by atoms with E-state index in [-0.39, 0.29) is 10.5 Å². The van der Waals surface area contributed by atoms with Crippen LogP contribution in [0, 0.1) is 13.8 Å². The Balaban J connectivity index is 1.98. The molecule has 1 heterocycles. The first kappa shape index (κ1) is 16.4. The minimum absolute atomic E-state index is 0.0357. The van der Waals surface area contributed by atoms with Crippen molar-refractivity contribution in [3.05, 3.63) is 52.5 Å². The van der Waals surface area contributed by atoms with Crippen LogP contribution in [0.5, 0.6) is 0 Å². The molecule has 0 bridgehead atoms. The van der Waals surface area contributed by atoms with E-state index in [9.17, 15) is 13.2 Å². The number of aryl methyl sites for hydroxylation is 2. The molecule has 8 heteroatoms. The van der Waals surface area contributed by atoms with Gasteiger partial charge in [0.1, 0.15) is 0 Å². The Kier molecular flexibility index (Phi) is 4.02. The summed E-state index contributed by atoms with van der Waals surface area (Å²) in [5.74, 6) is -1.16. The molecule has 0 spiro atoms. The molecule has 24 heavy (non-hydrogen) atoms. The molecule has 0 aliphatic rings. The van der Waals surface area contributed by atoms with E-state index in [0.717, 1.165) is 21.3 Å². The van der Waals surface area contributed by atoms with Gasteiger partial charge in [-0.2, -0.15) is 0 Å². The molecule has 2 aromatic carbocycles. The summed E-state index contributed by atoms with van der Waals surface area (Å²) in [4.78, 5) is 15.4. The number of aromatic nitrogens is 1. The van der Waals surface area contributed by atoms with E-state index in [4.69, 9.17) is 5.11 Å². The van der Waals surface area contributed by atoms with Gasteiger partial charge in [-0.3, -0.25) is 4.72 Å². The summed E-state index contributed by atoms with van der Waals surface area (Å²) in [5.41, 5.74) is 1.68. The Labute approximate surface area is 142 Å². The van der Waals surface area contributed by atoms with E-state index < -0.39 is 16.0 Å². The maximum absolute atomic E-state index is 12.5. The zero-order valence-corrected chi connectivity index (χ0v) is 14.5. The Hall–Kier alpha value is -2.45. The minimum atomic E-state index is -3.88. The lowest BCUT2D eigenvalue weighted by Gasteiger charge is -2.10. The van der Waals surface area contributed by atoms with Crippen LogP contribution in [0.15, 0.2) is 41.3 Å². The molecule has 0 saturated heterocycles. The third-order valence-electron chi connectivity index (χ3n) is 3.50. The highest BCUT2D eigenvalue weighted by atomic mass is 32.2. The molecule has 0 aliphatic carbocycles. The third kappa shape index (κ3) is 3.10. The van der Waals surface area contributed by atoms with Gasteiger partial charge in [0.2, 0.25) is 0 Å². The average molecular weight is 362 g/mol. The first-order chi connectivity index (χ1) is 11.3. The van der Waals surface area contributed by atoms with Crippen LogP contribution in [-0.4, -0.2) is 24.5 Å². The summed E-state index contributed by atoms with van der Waals surface area (Å²) in [6.45, 7) is 3.50. The minimum Gasteiger partial charge on any atom is -0.478 e. The molecule has 0 fully saturated rings. The van der Waals surface area contributed by atoms with Gasteiger partial charge in [-0.1, -0.05) is 6.07 Å². The number of carbonyl (C=O) groups is 1. The normalized spacial score (nSPS) is 11.6. The fourth-order valence-corrected chi connectivity index (χ4v) is 4.26. The maximum Gasteiger partial charge on any atom is 0.335 e. The molecular formula is C16H14N2O4S2. The number of benzene rings is 2. The van der Waals surface area contributed by atoms with Crippen molar-refractivity contribution in [1.29, 1.82) is 0 Å². The topological polar surface area (TPSA) is 96.4 Å². The van der Waals surface area contributed by atoms with Crippen molar-refractivity contribution >= 4 is 43.2 Å². The summed E-state index contributed by atoms with van der Waals surface area (Å²) in [5, 5.41) is 10.0. The van der Waals surface area contributed by atoms with E-state index >= 15 is 0 Å². The van der Waals surface area contributed by atoms with Crippen LogP contribution in [-0.2, 0) is 10.0 Å². The zero-order valence-electron chi connectivity index (χ0n) is 12.9. The highest BCUT2D eigenvalue weighted by Crippen LogP contribution is 2.26. The van der Waals surface area contributed by atoms with Crippen molar-refractivity contribution in [2.45, 2.75) is 18.7 Å². The molecule has 0 unspecified atom stereocenters. The van der Waals surface area contributed by atoms with E-state index in [1.807, 2.05) is 6.92 Å². The predicted octanol–water partition coefficient (Wildman–Crippen LogP) is 3.41. The van der Waals surface area contributed by atoms with E-state index in [1.165, 1.54) is 23.5 Å². The standard InChI is InChI=1S/C16H14N2O4S2/c1-9-3-5-12(8-13(9)16(19)20)24(21,22)18-11-4-6-14-15(7-11)23-10(2)17-14/h3-8,18H,1-2H3,(H,19,20). The fourth-order valence-electron chi connectivity index (χ4n) is 2.32. The molecule has 3 rings (SSSR count). The summed E-state index contributed by atoms with van der Waals surface area (Å²) < 4.78 is 28.4. The predicted molar refractivity (Wildman–Crippen MR) is 93.3 cm³/mol. The van der Waals surface area contributed by atoms with Gasteiger partial charge in [-0.05, 0) is 49.7 Å². The Bertz CT molecular complexity index is 1060. The average Bonchev–Trinajstić information content (AvgIpc) is 2.86. The number of nitrogens with zero attached hydrogens (tertiary/aromatic N) is 1. The third-order valence-corrected chi connectivity index (χ3v) is 5.81. The lowest BCUT2D eigenvalue weighted by molar-refractivity contribution is 0.0696. The number of hydrogen-bond acceptors (Lipinski definition) is 5. The summed E-state index contributed by atoms with van der Waals surface area (Å²) in [6, 6.07) is 9.12. The number of carboxylic acid groups (broad SMARTS) is 1. The Morgan fingerprint density at radius 3 is 2.62 bits per heavy atom. The summed E-state index contributed by atoms with van der Waals surface area (Å²) in [6.07, 6.45) is 0. The molecule has 0 radical (unpaired) electrons. The molecule has 3 aromatic rings. The molecule has 0 amide bonds. The van der Waals surface area contributed by atoms with Gasteiger partial charge < -0.3 is 5.11 Å². The Morgan fingerprint density at radius 2 is 1.92 bits per heavy atom. The van der Waals surface area contributed by atoms with E-state index in [0.29, 0.717) is 11.3 Å². The van der Waals surface area contributed by atoms with Gasteiger partial charge in [0.25, 0.3) is 10.0 Å². The number of aromatic carboxylic acids is 1. The second-order valence-corrected chi connectivity index (χ2v) is 8.22. The van der Waals surface area contributed by atoms with Crippen molar-refractivity contribution in [1.82, 2.24) is 4.98 Å². The highest BCUT2D eigenvalue weighted by Gasteiger charge is 2.18. The summed E-state index contributed by atoms with van der Waals surface area (Å²) >= 11 is 1.47. The van der Waals surface area contributed by atoms with Crippen LogP contribution < -0.4 is 4.72 Å². The second kappa shape index (κ2) is 5.88. The monoisotopic (exact) mass is 362 g/mol. The first-order valence-electron chi connectivity index (χ1n) is 7.00. The van der Waals surface area contributed by atoms with Crippen LogP contribution >= 0.6 is 11.3 Å². The van der Waals surface area contributed by atoms with Crippen LogP contribution in [0.4, 0.5) is 5.69 Å². The highest BCUT2D eigenvalue weighted by molar-refractivity contribution is 7.92. The van der Waals surface area contributed by atoms with Crippen LogP contribution in [0.3, 0.4) is 0 Å². The number of sulfonamides is 1. The van der Waals surface area contributed by atoms with Gasteiger partial charge in [0.05, 0.1) is 31.4 Å². The molecular weight excluding hydrogens is 348 g/mol. The molecule has 0 saturated carbocycles. The molecule has 0 atom stereocenters. The van der Waals surface area contributed by atoms with Crippen LogP contribution in [0.25, 0.3) is 10.2 Å². The largest absolute Gasteiger partial charge is 0.478 e. The smallest absolute Gasteiger partial charge is 0.335 e. The van der Waals surface area contributed by atoms with Crippen molar-refractivity contribution in [2.24, 2.45) is 0 Å². The Morgan fingerprint density at radius 1 is 1.17 bits per heavy atom. The number of anilines is 1. The van der Waals surface area contributed by atoms with Gasteiger partial charge >= 0.3 is 5.97 Å². The second-order valence-electron chi connectivity index (χ2n) is 5.30. The quantitative estimate of drug-likeness (QED) is 0.741. The maximum atomic E-state index is 12.5. The van der Waals surface area contributed by atoms with E-state index in [1.54, 1.807) is 25.1 Å². The SMILES string of the molecule is Cc1nc2ccc(NS(=O)(=O)c3ccc(C)c(C(=O)O)c3)cc2s1. The number of thiazole rings is 1.